The molecule has 2 N–H and O–H groups in total. The molecule has 2 atom stereocenters. The molecular formula is C15H21N3. The Bertz CT molecular complexity index is 570. The fraction of sp³-hybridized carbons (Fsp3) is 0.533. The van der Waals surface area contributed by atoms with Gasteiger partial charge in [-0.1, -0.05) is 31.9 Å². The van der Waals surface area contributed by atoms with E-state index in [4.69, 9.17) is 5.73 Å². The van der Waals surface area contributed by atoms with Crippen LogP contribution in [0.25, 0.3) is 11.0 Å². The molecule has 1 aliphatic carbocycles. The summed E-state index contributed by atoms with van der Waals surface area (Å²) in [5.41, 5.74) is 9.69. The Morgan fingerprint density at radius 1 is 1.33 bits per heavy atom. The quantitative estimate of drug-likeness (QED) is 0.830. The first kappa shape index (κ1) is 11.6. The monoisotopic (exact) mass is 243 g/mol. The molecule has 0 radical (unpaired) electrons. The lowest BCUT2D eigenvalue weighted by atomic mass is 9.87. The van der Waals surface area contributed by atoms with Crippen LogP contribution >= 0.6 is 0 Å². The number of fused-ring (bicyclic) bond motifs is 1. The Morgan fingerprint density at radius 3 is 2.94 bits per heavy atom. The summed E-state index contributed by atoms with van der Waals surface area (Å²) in [6, 6.07) is 6.78. The third-order valence-corrected chi connectivity index (χ3v) is 4.21. The molecule has 1 aromatic carbocycles. The second-order valence-electron chi connectivity index (χ2n) is 5.71. The summed E-state index contributed by atoms with van der Waals surface area (Å²) in [5, 5.41) is 0. The Kier molecular flexibility index (Phi) is 2.77. The number of para-hydroxylation sites is 1. The molecule has 0 amide bonds. The molecule has 3 rings (SSSR count). The molecule has 1 heterocycles. The maximum absolute atomic E-state index is 6.15. The van der Waals surface area contributed by atoms with Crippen LogP contribution in [0.15, 0.2) is 18.2 Å². The van der Waals surface area contributed by atoms with Crippen molar-refractivity contribution < 1.29 is 0 Å². The molecule has 0 aliphatic heterocycles. The third-order valence-electron chi connectivity index (χ3n) is 4.21. The predicted molar refractivity (Wildman–Crippen MR) is 75.6 cm³/mol. The number of hydrogen-bond donors (Lipinski definition) is 1. The number of nitrogens with zero attached hydrogens (tertiary/aromatic N) is 2. The minimum atomic E-state index is 0.528. The highest BCUT2D eigenvalue weighted by molar-refractivity contribution is 5.81. The average Bonchev–Trinajstić information content (AvgIpc) is 2.67. The van der Waals surface area contributed by atoms with E-state index in [0.717, 1.165) is 11.4 Å². The van der Waals surface area contributed by atoms with E-state index >= 15 is 0 Å². The van der Waals surface area contributed by atoms with Gasteiger partial charge in [0.05, 0.1) is 11.0 Å². The Labute approximate surface area is 108 Å². The lowest BCUT2D eigenvalue weighted by molar-refractivity contribution is 0.289. The van der Waals surface area contributed by atoms with Gasteiger partial charge >= 0.3 is 0 Å². The number of anilines is 1. The number of aromatic nitrogens is 2. The Balaban J connectivity index is 2.13. The van der Waals surface area contributed by atoms with Gasteiger partial charge in [0.25, 0.3) is 0 Å². The summed E-state index contributed by atoms with van der Waals surface area (Å²) < 4.78 is 2.28. The van der Waals surface area contributed by atoms with Crippen LogP contribution in [0.1, 0.15) is 44.2 Å². The second kappa shape index (κ2) is 4.30. The number of imidazole rings is 1. The zero-order valence-electron chi connectivity index (χ0n) is 11.2. The second-order valence-corrected chi connectivity index (χ2v) is 5.71. The van der Waals surface area contributed by atoms with Crippen molar-refractivity contribution >= 4 is 17.0 Å². The minimum absolute atomic E-state index is 0.528. The van der Waals surface area contributed by atoms with Crippen molar-refractivity contribution in [3.05, 3.63) is 23.8 Å². The van der Waals surface area contributed by atoms with Gasteiger partial charge < -0.3 is 10.3 Å². The van der Waals surface area contributed by atoms with E-state index in [1.807, 2.05) is 0 Å². The molecule has 96 valence electrons. The molecule has 1 aromatic heterocycles. The zero-order chi connectivity index (χ0) is 12.7. The molecule has 1 aliphatic rings. The van der Waals surface area contributed by atoms with Crippen LogP contribution in [0.5, 0.6) is 0 Å². The van der Waals surface area contributed by atoms with E-state index in [0.29, 0.717) is 12.0 Å². The smallest absolute Gasteiger partial charge is 0.201 e. The number of benzene rings is 1. The van der Waals surface area contributed by atoms with Crippen molar-refractivity contribution in [2.45, 2.75) is 45.6 Å². The maximum Gasteiger partial charge on any atom is 0.201 e. The number of nitrogen functional groups attached to an aromatic ring is 1. The van der Waals surface area contributed by atoms with Gasteiger partial charge in [-0.3, -0.25) is 0 Å². The fourth-order valence-electron chi connectivity index (χ4n) is 3.35. The SMILES string of the molecule is Cc1cccc2nc(N)n(C3CCCC(C)C3)c12. The first-order valence-corrected chi connectivity index (χ1v) is 6.90. The van der Waals surface area contributed by atoms with E-state index in [9.17, 15) is 0 Å². The van der Waals surface area contributed by atoms with Gasteiger partial charge in [-0.2, -0.15) is 0 Å². The summed E-state index contributed by atoms with van der Waals surface area (Å²) in [6.07, 6.45) is 5.11. The Hall–Kier alpha value is -1.51. The summed E-state index contributed by atoms with van der Waals surface area (Å²) in [6.45, 7) is 4.49. The summed E-state index contributed by atoms with van der Waals surface area (Å²) in [5.74, 6) is 1.48. The lowest BCUT2D eigenvalue weighted by Crippen LogP contribution is -2.19. The van der Waals surface area contributed by atoms with Gasteiger partial charge in [0, 0.05) is 6.04 Å². The number of nitrogens with two attached hydrogens (primary N) is 1. The zero-order valence-corrected chi connectivity index (χ0v) is 11.2. The van der Waals surface area contributed by atoms with Gasteiger partial charge in [-0.25, -0.2) is 4.98 Å². The molecule has 0 spiro atoms. The summed E-state index contributed by atoms with van der Waals surface area (Å²) in [7, 11) is 0. The fourth-order valence-corrected chi connectivity index (χ4v) is 3.35. The average molecular weight is 243 g/mol. The molecule has 3 nitrogen and oxygen atoms in total. The first-order chi connectivity index (χ1) is 8.66. The van der Waals surface area contributed by atoms with E-state index in [2.05, 4.69) is 41.6 Å². The van der Waals surface area contributed by atoms with Crippen LogP contribution in [-0.4, -0.2) is 9.55 Å². The molecule has 3 heteroatoms. The van der Waals surface area contributed by atoms with Crippen LogP contribution in [0.2, 0.25) is 0 Å². The Morgan fingerprint density at radius 2 is 2.17 bits per heavy atom. The molecule has 1 saturated carbocycles. The van der Waals surface area contributed by atoms with Crippen molar-refractivity contribution in [3.63, 3.8) is 0 Å². The molecule has 18 heavy (non-hydrogen) atoms. The maximum atomic E-state index is 6.15. The van der Waals surface area contributed by atoms with Gasteiger partial charge in [0.2, 0.25) is 5.95 Å². The first-order valence-electron chi connectivity index (χ1n) is 6.90. The number of aryl methyl sites for hydroxylation is 1. The van der Waals surface area contributed by atoms with Crippen LogP contribution in [-0.2, 0) is 0 Å². The standard InChI is InChI=1S/C15H21N3/c1-10-5-3-7-12(9-10)18-14-11(2)6-4-8-13(14)17-15(18)16/h4,6,8,10,12H,3,5,7,9H2,1-2H3,(H2,16,17). The number of hydrogen-bond acceptors (Lipinski definition) is 2. The van der Waals surface area contributed by atoms with Crippen molar-refractivity contribution in [3.8, 4) is 0 Å². The van der Waals surface area contributed by atoms with Crippen LogP contribution in [0, 0.1) is 12.8 Å². The highest BCUT2D eigenvalue weighted by Gasteiger charge is 2.24. The van der Waals surface area contributed by atoms with Gasteiger partial charge in [0.1, 0.15) is 0 Å². The van der Waals surface area contributed by atoms with Gasteiger partial charge in [-0.05, 0) is 37.3 Å². The van der Waals surface area contributed by atoms with Crippen molar-refractivity contribution in [2.24, 2.45) is 5.92 Å². The molecule has 1 fully saturated rings. The van der Waals surface area contributed by atoms with E-state index < -0.39 is 0 Å². The van der Waals surface area contributed by atoms with Gasteiger partial charge in [-0.15, -0.1) is 0 Å². The highest BCUT2D eigenvalue weighted by atomic mass is 15.2. The van der Waals surface area contributed by atoms with Crippen molar-refractivity contribution in [1.82, 2.24) is 9.55 Å². The van der Waals surface area contributed by atoms with Crippen LogP contribution in [0.4, 0.5) is 5.95 Å². The molecule has 0 saturated heterocycles. The molecule has 2 unspecified atom stereocenters. The van der Waals surface area contributed by atoms with Gasteiger partial charge in [0.15, 0.2) is 0 Å². The normalized spacial score (nSPS) is 24.6. The summed E-state index contributed by atoms with van der Waals surface area (Å²) >= 11 is 0. The van der Waals surface area contributed by atoms with Crippen molar-refractivity contribution in [2.75, 3.05) is 5.73 Å². The van der Waals surface area contributed by atoms with Crippen LogP contribution in [0.3, 0.4) is 0 Å². The molecular weight excluding hydrogens is 222 g/mol. The third kappa shape index (κ3) is 1.78. The molecule has 2 aromatic rings. The van der Waals surface area contributed by atoms with Crippen molar-refractivity contribution in [1.29, 1.82) is 0 Å². The van der Waals surface area contributed by atoms with Crippen LogP contribution < -0.4 is 5.73 Å². The van der Waals surface area contributed by atoms with E-state index in [-0.39, 0.29) is 0 Å². The number of rotatable bonds is 1. The van der Waals surface area contributed by atoms with E-state index in [1.54, 1.807) is 0 Å². The van der Waals surface area contributed by atoms with E-state index in [1.165, 1.54) is 36.8 Å². The molecule has 0 bridgehead atoms. The summed E-state index contributed by atoms with van der Waals surface area (Å²) in [4.78, 5) is 4.51. The minimum Gasteiger partial charge on any atom is -0.369 e. The topological polar surface area (TPSA) is 43.8 Å². The lowest BCUT2D eigenvalue weighted by Gasteiger charge is -2.29. The predicted octanol–water partition coefficient (Wildman–Crippen LogP) is 3.68. The largest absolute Gasteiger partial charge is 0.369 e. The highest BCUT2D eigenvalue weighted by Crippen LogP contribution is 2.36.